The topological polar surface area (TPSA) is 41.1 Å². The third kappa shape index (κ3) is 4.70. The van der Waals surface area contributed by atoms with Crippen LogP contribution in [0, 0.1) is 5.82 Å². The molecule has 1 aromatic carbocycles. The van der Waals surface area contributed by atoms with E-state index >= 15 is 0 Å². The molecule has 0 spiro atoms. The summed E-state index contributed by atoms with van der Waals surface area (Å²) in [4.78, 5) is 12.3. The number of carbonyl (C=O) groups is 1. The number of amides is 1. The van der Waals surface area contributed by atoms with Crippen LogP contribution in [0.3, 0.4) is 0 Å². The number of nitrogens with one attached hydrogen (secondary N) is 2. The minimum Gasteiger partial charge on any atom is -0.355 e. The van der Waals surface area contributed by atoms with Crippen molar-refractivity contribution in [3.8, 4) is 0 Å². The molecule has 1 aromatic rings. The van der Waals surface area contributed by atoms with E-state index in [2.05, 4.69) is 10.6 Å². The van der Waals surface area contributed by atoms with Gasteiger partial charge in [-0.05, 0) is 49.9 Å². The Hall–Kier alpha value is -1.13. The molecule has 1 amide bonds. The largest absolute Gasteiger partial charge is 0.355 e. The molecule has 2 fully saturated rings. The van der Waals surface area contributed by atoms with Gasteiger partial charge in [0.15, 0.2) is 0 Å². The molecule has 5 heteroatoms. The molecule has 2 aliphatic rings. The highest BCUT2D eigenvalue weighted by Crippen LogP contribution is 2.39. The van der Waals surface area contributed by atoms with Crippen LogP contribution in [0.15, 0.2) is 24.3 Å². The molecule has 0 radical (unpaired) electrons. The van der Waals surface area contributed by atoms with Crippen LogP contribution in [-0.4, -0.2) is 25.0 Å². The zero-order chi connectivity index (χ0) is 16.1. The molecule has 1 aliphatic carbocycles. The van der Waals surface area contributed by atoms with E-state index in [1.54, 1.807) is 0 Å². The maximum Gasteiger partial charge on any atom is 0.221 e. The van der Waals surface area contributed by atoms with Crippen molar-refractivity contribution in [2.45, 2.75) is 62.8 Å². The van der Waals surface area contributed by atoms with E-state index in [4.69, 9.17) is 0 Å². The van der Waals surface area contributed by atoms with E-state index < -0.39 is 0 Å². The number of hydrogen-bond acceptors (Lipinski definition) is 2. The molecule has 1 atom stereocenters. The first-order chi connectivity index (χ1) is 11.2. The molecular formula is C19H28ClFN2O. The second-order valence-electron chi connectivity index (χ2n) is 7.12. The summed E-state index contributed by atoms with van der Waals surface area (Å²) >= 11 is 0. The Morgan fingerprint density at radius 1 is 1.17 bits per heavy atom. The third-order valence-electron chi connectivity index (χ3n) is 5.49. The summed E-state index contributed by atoms with van der Waals surface area (Å²) in [6.45, 7) is 1.70. The van der Waals surface area contributed by atoms with Crippen molar-refractivity contribution in [2.75, 3.05) is 13.1 Å². The molecule has 1 aliphatic heterocycles. The Balaban J connectivity index is 0.00000208. The lowest BCUT2D eigenvalue weighted by Crippen LogP contribution is -2.43. The molecule has 3 rings (SSSR count). The van der Waals surface area contributed by atoms with E-state index in [-0.39, 0.29) is 29.5 Å². The predicted octanol–water partition coefficient (Wildman–Crippen LogP) is 3.71. The van der Waals surface area contributed by atoms with Crippen LogP contribution in [-0.2, 0) is 10.2 Å². The minimum atomic E-state index is -0.198. The number of halogens is 2. The van der Waals surface area contributed by atoms with Crippen LogP contribution in [0.25, 0.3) is 0 Å². The highest BCUT2D eigenvalue weighted by Gasteiger charge is 2.34. The van der Waals surface area contributed by atoms with Crippen molar-refractivity contribution in [2.24, 2.45) is 0 Å². The first-order valence-electron chi connectivity index (χ1n) is 8.94. The summed E-state index contributed by atoms with van der Waals surface area (Å²) < 4.78 is 13.2. The van der Waals surface area contributed by atoms with Gasteiger partial charge < -0.3 is 10.6 Å². The minimum absolute atomic E-state index is 0. The zero-order valence-corrected chi connectivity index (χ0v) is 15.0. The van der Waals surface area contributed by atoms with Gasteiger partial charge in [0.25, 0.3) is 0 Å². The fourth-order valence-corrected chi connectivity index (χ4v) is 4.09. The van der Waals surface area contributed by atoms with Crippen LogP contribution in [0.4, 0.5) is 4.39 Å². The molecular weight excluding hydrogens is 327 g/mol. The van der Waals surface area contributed by atoms with Gasteiger partial charge in [0.2, 0.25) is 5.91 Å². The molecule has 24 heavy (non-hydrogen) atoms. The van der Waals surface area contributed by atoms with Crippen molar-refractivity contribution in [1.82, 2.24) is 10.6 Å². The Kier molecular flexibility index (Phi) is 7.05. The summed E-state index contributed by atoms with van der Waals surface area (Å²) in [5.41, 5.74) is 1.14. The van der Waals surface area contributed by atoms with Crippen LogP contribution >= 0.6 is 12.4 Å². The Bertz CT molecular complexity index is 523. The van der Waals surface area contributed by atoms with E-state index in [0.29, 0.717) is 19.0 Å². The van der Waals surface area contributed by atoms with Crippen molar-refractivity contribution in [1.29, 1.82) is 0 Å². The Labute approximate surface area is 150 Å². The second kappa shape index (κ2) is 8.82. The van der Waals surface area contributed by atoms with Crippen LogP contribution in [0.5, 0.6) is 0 Å². The van der Waals surface area contributed by atoms with E-state index in [1.165, 1.54) is 31.4 Å². The standard InChI is InChI=1S/C19H27FN2O.ClH/c20-16-8-6-15(7-9-16)19(10-2-1-3-11-19)14-22-18(23)13-17-5-4-12-21-17;/h6-9,17,21H,1-5,10-14H2,(H,22,23);1H. The first kappa shape index (κ1) is 19.2. The summed E-state index contributed by atoms with van der Waals surface area (Å²) in [6, 6.07) is 7.20. The Morgan fingerprint density at radius 3 is 2.50 bits per heavy atom. The van der Waals surface area contributed by atoms with Gasteiger partial charge in [-0.2, -0.15) is 0 Å². The summed E-state index contributed by atoms with van der Waals surface area (Å²) in [7, 11) is 0. The van der Waals surface area contributed by atoms with Crippen LogP contribution < -0.4 is 10.6 Å². The summed E-state index contributed by atoms with van der Waals surface area (Å²) in [5, 5.41) is 6.53. The average Bonchev–Trinajstić information content (AvgIpc) is 3.07. The molecule has 134 valence electrons. The fourth-order valence-electron chi connectivity index (χ4n) is 4.09. The fraction of sp³-hybridized carbons (Fsp3) is 0.632. The van der Waals surface area contributed by atoms with Gasteiger partial charge in [-0.15, -0.1) is 12.4 Å². The maximum absolute atomic E-state index is 13.2. The number of benzene rings is 1. The number of hydrogen-bond donors (Lipinski definition) is 2. The molecule has 1 heterocycles. The lowest BCUT2D eigenvalue weighted by atomic mass is 9.69. The number of rotatable bonds is 5. The average molecular weight is 355 g/mol. The zero-order valence-electron chi connectivity index (χ0n) is 14.2. The van der Waals surface area contributed by atoms with Gasteiger partial charge in [-0.25, -0.2) is 4.39 Å². The summed E-state index contributed by atoms with van der Waals surface area (Å²) in [5.74, 6) is -0.0625. The Morgan fingerprint density at radius 2 is 1.88 bits per heavy atom. The second-order valence-corrected chi connectivity index (χ2v) is 7.12. The monoisotopic (exact) mass is 354 g/mol. The first-order valence-corrected chi connectivity index (χ1v) is 8.94. The highest BCUT2D eigenvalue weighted by atomic mass is 35.5. The molecule has 1 unspecified atom stereocenters. The van der Waals surface area contributed by atoms with Crippen LogP contribution in [0.1, 0.15) is 56.9 Å². The molecule has 1 saturated heterocycles. The van der Waals surface area contributed by atoms with Gasteiger partial charge in [-0.1, -0.05) is 31.4 Å². The lowest BCUT2D eigenvalue weighted by Gasteiger charge is -2.38. The molecule has 1 saturated carbocycles. The SMILES string of the molecule is Cl.O=C(CC1CCCN1)NCC1(c2ccc(F)cc2)CCCCC1. The predicted molar refractivity (Wildman–Crippen MR) is 97.1 cm³/mol. The molecule has 0 aromatic heterocycles. The molecule has 2 N–H and O–H groups in total. The van der Waals surface area contributed by atoms with Crippen molar-refractivity contribution in [3.05, 3.63) is 35.6 Å². The van der Waals surface area contributed by atoms with Crippen LogP contribution in [0.2, 0.25) is 0 Å². The highest BCUT2D eigenvalue weighted by molar-refractivity contribution is 5.85. The molecule has 0 bridgehead atoms. The van der Waals surface area contributed by atoms with E-state index in [1.807, 2.05) is 12.1 Å². The lowest BCUT2D eigenvalue weighted by molar-refractivity contribution is -0.121. The van der Waals surface area contributed by atoms with E-state index in [0.717, 1.165) is 37.8 Å². The van der Waals surface area contributed by atoms with Gasteiger partial charge in [0, 0.05) is 24.4 Å². The smallest absolute Gasteiger partial charge is 0.221 e. The van der Waals surface area contributed by atoms with Crippen molar-refractivity contribution < 1.29 is 9.18 Å². The van der Waals surface area contributed by atoms with Gasteiger partial charge in [-0.3, -0.25) is 4.79 Å². The van der Waals surface area contributed by atoms with Gasteiger partial charge in [0.05, 0.1) is 0 Å². The van der Waals surface area contributed by atoms with Gasteiger partial charge in [0.1, 0.15) is 5.82 Å². The van der Waals surface area contributed by atoms with Crippen molar-refractivity contribution >= 4 is 18.3 Å². The van der Waals surface area contributed by atoms with E-state index in [9.17, 15) is 9.18 Å². The molecule has 3 nitrogen and oxygen atoms in total. The number of carbonyl (C=O) groups excluding carboxylic acids is 1. The normalized spacial score (nSPS) is 22.6. The summed E-state index contributed by atoms with van der Waals surface area (Å²) in [6.07, 6.45) is 8.58. The van der Waals surface area contributed by atoms with Crippen molar-refractivity contribution in [3.63, 3.8) is 0 Å². The maximum atomic E-state index is 13.2. The van der Waals surface area contributed by atoms with Gasteiger partial charge >= 0.3 is 0 Å². The third-order valence-corrected chi connectivity index (χ3v) is 5.49. The quantitative estimate of drug-likeness (QED) is 0.846.